The summed E-state index contributed by atoms with van der Waals surface area (Å²) in [5.74, 6) is 2.25. The molecule has 2 aromatic carbocycles. The Morgan fingerprint density at radius 3 is 2.65 bits per heavy atom. The van der Waals surface area contributed by atoms with Crippen LogP contribution < -0.4 is 5.32 Å². The molecule has 0 saturated carbocycles. The van der Waals surface area contributed by atoms with Crippen LogP contribution in [-0.4, -0.2) is 38.7 Å². The highest BCUT2D eigenvalue weighted by atomic mass is 32.2. The minimum absolute atomic E-state index is 0.122. The van der Waals surface area contributed by atoms with Crippen LogP contribution in [0.25, 0.3) is 5.69 Å². The summed E-state index contributed by atoms with van der Waals surface area (Å²) in [5, 5.41) is 12.8. The number of nitrogens with zero attached hydrogens (tertiary/aromatic N) is 4. The second-order valence-corrected chi connectivity index (χ2v) is 9.25. The number of rotatable bonds is 9. The maximum atomic E-state index is 12.6. The Kier molecular flexibility index (Phi) is 7.07. The van der Waals surface area contributed by atoms with Gasteiger partial charge in [-0.3, -0.25) is 14.3 Å². The predicted molar refractivity (Wildman–Crippen MR) is 132 cm³/mol. The summed E-state index contributed by atoms with van der Waals surface area (Å²) >= 11 is 1.63. The van der Waals surface area contributed by atoms with E-state index < -0.39 is 0 Å². The highest BCUT2D eigenvalue weighted by Crippen LogP contribution is 2.26. The van der Waals surface area contributed by atoms with E-state index in [1.165, 1.54) is 12.8 Å². The van der Waals surface area contributed by atoms with Gasteiger partial charge in [-0.25, -0.2) is 0 Å². The minimum Gasteiger partial charge on any atom is -0.467 e. The molecule has 7 nitrogen and oxygen atoms in total. The molecule has 0 spiro atoms. The summed E-state index contributed by atoms with van der Waals surface area (Å²) in [6, 6.07) is 21.6. The van der Waals surface area contributed by atoms with Crippen LogP contribution in [0.4, 0.5) is 0 Å². The number of furan rings is 1. The topological polar surface area (TPSA) is 76.2 Å². The number of likely N-dealkylation sites (tertiary alicyclic amines) is 1. The van der Waals surface area contributed by atoms with E-state index in [9.17, 15) is 4.79 Å². The van der Waals surface area contributed by atoms with Gasteiger partial charge in [-0.05, 0) is 67.9 Å². The molecule has 2 aromatic heterocycles. The van der Waals surface area contributed by atoms with E-state index in [-0.39, 0.29) is 5.91 Å². The van der Waals surface area contributed by atoms with Crippen molar-refractivity contribution in [2.75, 3.05) is 13.1 Å². The highest BCUT2D eigenvalue weighted by molar-refractivity contribution is 7.98. The Bertz CT molecular complexity index is 1220. The molecular formula is C26H27N5O2S. The summed E-state index contributed by atoms with van der Waals surface area (Å²) in [5.41, 5.74) is 2.75. The van der Waals surface area contributed by atoms with Gasteiger partial charge >= 0.3 is 0 Å². The minimum atomic E-state index is -0.122. The third kappa shape index (κ3) is 5.40. The third-order valence-corrected chi connectivity index (χ3v) is 6.84. The van der Waals surface area contributed by atoms with E-state index in [2.05, 4.69) is 37.1 Å². The fourth-order valence-corrected chi connectivity index (χ4v) is 5.02. The SMILES string of the molecule is O=C(NCc1ccco1)c1cccc(CSc2nnc(CN3CCCC3)n2-c2ccccc2)c1. The number of carbonyl (C=O) groups excluding carboxylic acids is 1. The summed E-state index contributed by atoms with van der Waals surface area (Å²) in [6.07, 6.45) is 4.09. The largest absolute Gasteiger partial charge is 0.467 e. The first kappa shape index (κ1) is 22.4. The third-order valence-electron chi connectivity index (χ3n) is 5.84. The van der Waals surface area contributed by atoms with Crippen molar-refractivity contribution >= 4 is 17.7 Å². The average molecular weight is 474 g/mol. The van der Waals surface area contributed by atoms with Crippen LogP contribution in [0.5, 0.6) is 0 Å². The van der Waals surface area contributed by atoms with Crippen molar-refractivity contribution in [3.8, 4) is 5.69 Å². The summed E-state index contributed by atoms with van der Waals surface area (Å²) in [4.78, 5) is 15.0. The molecule has 1 N–H and O–H groups in total. The lowest BCUT2D eigenvalue weighted by atomic mass is 10.1. The molecule has 0 atom stereocenters. The molecule has 0 radical (unpaired) electrons. The zero-order valence-electron chi connectivity index (χ0n) is 18.9. The van der Waals surface area contributed by atoms with Crippen molar-refractivity contribution in [3.63, 3.8) is 0 Å². The molecule has 0 bridgehead atoms. The zero-order chi connectivity index (χ0) is 23.2. The number of aromatic nitrogens is 3. The van der Waals surface area contributed by atoms with Crippen molar-refractivity contribution in [2.24, 2.45) is 0 Å². The van der Waals surface area contributed by atoms with Crippen LogP contribution in [0.1, 0.15) is 40.3 Å². The lowest BCUT2D eigenvalue weighted by molar-refractivity contribution is 0.0948. The van der Waals surface area contributed by atoms with Crippen molar-refractivity contribution in [1.82, 2.24) is 25.0 Å². The van der Waals surface area contributed by atoms with Crippen LogP contribution in [-0.2, 0) is 18.8 Å². The van der Waals surface area contributed by atoms with Crippen molar-refractivity contribution in [1.29, 1.82) is 0 Å². The highest BCUT2D eigenvalue weighted by Gasteiger charge is 2.19. The first-order chi connectivity index (χ1) is 16.8. The quantitative estimate of drug-likeness (QED) is 0.356. The van der Waals surface area contributed by atoms with E-state index >= 15 is 0 Å². The maximum absolute atomic E-state index is 12.6. The number of amides is 1. The van der Waals surface area contributed by atoms with Crippen LogP contribution in [0.15, 0.2) is 82.6 Å². The van der Waals surface area contributed by atoms with Crippen molar-refractivity contribution in [2.45, 2.75) is 36.8 Å². The van der Waals surface area contributed by atoms with Crippen LogP contribution in [0.3, 0.4) is 0 Å². The number of hydrogen-bond donors (Lipinski definition) is 1. The molecule has 0 unspecified atom stereocenters. The summed E-state index contributed by atoms with van der Waals surface area (Å²) < 4.78 is 7.44. The Morgan fingerprint density at radius 2 is 1.85 bits per heavy atom. The van der Waals surface area contributed by atoms with Gasteiger partial charge in [0, 0.05) is 17.0 Å². The van der Waals surface area contributed by atoms with Crippen LogP contribution in [0.2, 0.25) is 0 Å². The standard InChI is InChI=1S/C26H27N5O2S/c32-25(27-17-23-12-7-15-33-23)21-9-6-8-20(16-21)19-34-26-29-28-24(18-30-13-4-5-14-30)31(26)22-10-2-1-3-11-22/h1-3,6-12,15-16H,4-5,13-14,17-19H2,(H,27,32). The lowest BCUT2D eigenvalue weighted by Gasteiger charge is -2.16. The molecule has 1 aliphatic heterocycles. The fraction of sp³-hybridized carbons (Fsp3) is 0.269. The molecule has 5 rings (SSSR count). The molecule has 0 aliphatic carbocycles. The number of benzene rings is 2. The molecule has 1 amide bonds. The van der Waals surface area contributed by atoms with Gasteiger partial charge in [-0.1, -0.05) is 42.1 Å². The van der Waals surface area contributed by atoms with Crippen LogP contribution >= 0.6 is 11.8 Å². The van der Waals surface area contributed by atoms with Gasteiger partial charge in [0.15, 0.2) is 11.0 Å². The van der Waals surface area contributed by atoms with Gasteiger partial charge in [0.05, 0.1) is 19.4 Å². The predicted octanol–water partition coefficient (Wildman–Crippen LogP) is 4.68. The second-order valence-electron chi connectivity index (χ2n) is 8.30. The van der Waals surface area contributed by atoms with Gasteiger partial charge in [-0.2, -0.15) is 0 Å². The Morgan fingerprint density at radius 1 is 1.00 bits per heavy atom. The van der Waals surface area contributed by atoms with Gasteiger partial charge in [0.2, 0.25) is 0 Å². The van der Waals surface area contributed by atoms with E-state index in [1.54, 1.807) is 18.0 Å². The number of thioether (sulfide) groups is 1. The molecule has 8 heteroatoms. The smallest absolute Gasteiger partial charge is 0.251 e. The van der Waals surface area contributed by atoms with Gasteiger partial charge < -0.3 is 9.73 Å². The normalized spacial score (nSPS) is 13.9. The van der Waals surface area contributed by atoms with E-state index in [4.69, 9.17) is 4.42 Å². The molecule has 4 aromatic rings. The summed E-state index contributed by atoms with van der Waals surface area (Å²) in [7, 11) is 0. The average Bonchev–Trinajstić information content (AvgIpc) is 3.65. The first-order valence-corrected chi connectivity index (χ1v) is 12.5. The Labute approximate surface area is 203 Å². The van der Waals surface area contributed by atoms with E-state index in [0.29, 0.717) is 17.9 Å². The monoisotopic (exact) mass is 473 g/mol. The molecular weight excluding hydrogens is 446 g/mol. The molecule has 3 heterocycles. The van der Waals surface area contributed by atoms with Crippen molar-refractivity contribution < 1.29 is 9.21 Å². The molecule has 1 saturated heterocycles. The maximum Gasteiger partial charge on any atom is 0.251 e. The zero-order valence-corrected chi connectivity index (χ0v) is 19.7. The number of carbonyl (C=O) groups is 1. The molecule has 1 fully saturated rings. The van der Waals surface area contributed by atoms with E-state index in [1.807, 2.05) is 54.6 Å². The number of para-hydroxylation sites is 1. The molecule has 34 heavy (non-hydrogen) atoms. The first-order valence-electron chi connectivity index (χ1n) is 11.5. The van der Waals surface area contributed by atoms with E-state index in [0.717, 1.165) is 47.6 Å². The fourth-order valence-electron chi connectivity index (χ4n) is 4.11. The Hall–Kier alpha value is -3.36. The molecule has 1 aliphatic rings. The Balaban J connectivity index is 1.29. The second kappa shape index (κ2) is 10.7. The van der Waals surface area contributed by atoms with Gasteiger partial charge in [0.1, 0.15) is 5.76 Å². The lowest BCUT2D eigenvalue weighted by Crippen LogP contribution is -2.22. The number of hydrogen-bond acceptors (Lipinski definition) is 6. The van der Waals surface area contributed by atoms with Crippen LogP contribution in [0, 0.1) is 0 Å². The van der Waals surface area contributed by atoms with Gasteiger partial charge in [0.25, 0.3) is 5.91 Å². The van der Waals surface area contributed by atoms with Gasteiger partial charge in [-0.15, -0.1) is 10.2 Å². The molecule has 174 valence electrons. The number of nitrogens with one attached hydrogen (secondary N) is 1. The summed E-state index contributed by atoms with van der Waals surface area (Å²) in [6.45, 7) is 3.39. The van der Waals surface area contributed by atoms with Crippen molar-refractivity contribution in [3.05, 3.63) is 95.7 Å².